The highest BCUT2D eigenvalue weighted by atomic mass is 16.3. The Morgan fingerprint density at radius 1 is 1.52 bits per heavy atom. The average molecular weight is 289 g/mol. The van der Waals surface area contributed by atoms with E-state index in [-0.39, 0.29) is 5.91 Å². The fourth-order valence-corrected chi connectivity index (χ4v) is 2.90. The molecule has 1 aliphatic heterocycles. The van der Waals surface area contributed by atoms with Crippen LogP contribution in [0.1, 0.15) is 16.8 Å². The molecule has 7 nitrogen and oxygen atoms in total. The summed E-state index contributed by atoms with van der Waals surface area (Å²) in [6.07, 6.45) is 5.52. The van der Waals surface area contributed by atoms with Crippen LogP contribution in [-0.4, -0.2) is 74.7 Å². The van der Waals surface area contributed by atoms with Crippen molar-refractivity contribution in [1.82, 2.24) is 24.4 Å². The molecule has 3 heterocycles. The molecule has 2 aromatic rings. The number of hydrogen-bond acceptors (Lipinski definition) is 5. The molecule has 1 N–H and O–H groups in total. The molecule has 0 saturated carbocycles. The van der Waals surface area contributed by atoms with E-state index in [1.807, 2.05) is 19.0 Å². The number of fused-ring (bicyclic) bond motifs is 1. The Hall–Kier alpha value is -1.99. The first kappa shape index (κ1) is 14.0. The minimum absolute atomic E-state index is 0.126. The van der Waals surface area contributed by atoms with Gasteiger partial charge in [0.05, 0.1) is 18.3 Å². The lowest BCUT2D eigenvalue weighted by atomic mass is 10.0. The summed E-state index contributed by atoms with van der Waals surface area (Å²) in [7, 11) is 3.83. The van der Waals surface area contributed by atoms with E-state index in [9.17, 15) is 9.90 Å². The van der Waals surface area contributed by atoms with Gasteiger partial charge in [0.25, 0.3) is 5.91 Å². The summed E-state index contributed by atoms with van der Waals surface area (Å²) in [5.74, 6) is -0.126. The highest BCUT2D eigenvalue weighted by Crippen LogP contribution is 2.24. The van der Waals surface area contributed by atoms with Gasteiger partial charge >= 0.3 is 0 Å². The Morgan fingerprint density at radius 3 is 3.10 bits per heavy atom. The van der Waals surface area contributed by atoms with Crippen LogP contribution in [0.15, 0.2) is 24.7 Å². The Balaban J connectivity index is 1.81. The van der Waals surface area contributed by atoms with Gasteiger partial charge in [0.15, 0.2) is 5.65 Å². The molecule has 0 unspecified atom stereocenters. The maximum Gasteiger partial charge on any atom is 0.259 e. The summed E-state index contributed by atoms with van der Waals surface area (Å²) in [5.41, 5.74) is 0.186. The molecule has 0 aliphatic carbocycles. The minimum atomic E-state index is -0.838. The van der Waals surface area contributed by atoms with Gasteiger partial charge in [-0.25, -0.2) is 9.50 Å². The zero-order valence-corrected chi connectivity index (χ0v) is 12.2. The summed E-state index contributed by atoms with van der Waals surface area (Å²) >= 11 is 0. The summed E-state index contributed by atoms with van der Waals surface area (Å²) in [6.45, 7) is 1.44. The topological polar surface area (TPSA) is 74.0 Å². The molecule has 1 saturated heterocycles. The second kappa shape index (κ2) is 5.09. The molecule has 3 rings (SSSR count). The summed E-state index contributed by atoms with van der Waals surface area (Å²) < 4.78 is 1.58. The molecule has 1 aliphatic rings. The lowest BCUT2D eigenvalue weighted by Crippen LogP contribution is -2.43. The van der Waals surface area contributed by atoms with Crippen LogP contribution in [0.5, 0.6) is 0 Å². The first-order valence-electron chi connectivity index (χ1n) is 6.93. The van der Waals surface area contributed by atoms with E-state index < -0.39 is 5.60 Å². The van der Waals surface area contributed by atoms with Crippen LogP contribution in [-0.2, 0) is 0 Å². The van der Waals surface area contributed by atoms with E-state index in [2.05, 4.69) is 10.1 Å². The molecule has 21 heavy (non-hydrogen) atoms. The van der Waals surface area contributed by atoms with Crippen molar-refractivity contribution in [3.8, 4) is 0 Å². The van der Waals surface area contributed by atoms with Gasteiger partial charge in [-0.1, -0.05) is 0 Å². The van der Waals surface area contributed by atoms with Crippen molar-refractivity contribution in [2.45, 2.75) is 12.0 Å². The molecule has 0 radical (unpaired) electrons. The number of likely N-dealkylation sites (N-methyl/N-ethyl adjacent to an activating group) is 1. The molecule has 1 amide bonds. The number of aliphatic hydroxyl groups is 1. The normalized spacial score (nSPS) is 22.4. The van der Waals surface area contributed by atoms with E-state index in [0.717, 1.165) is 0 Å². The molecule has 112 valence electrons. The number of likely N-dealkylation sites (tertiary alicyclic amines) is 1. The maximum atomic E-state index is 12.6. The molecule has 7 heteroatoms. The highest BCUT2D eigenvalue weighted by Gasteiger charge is 2.39. The Morgan fingerprint density at radius 2 is 2.33 bits per heavy atom. The monoisotopic (exact) mass is 289 g/mol. The van der Waals surface area contributed by atoms with Gasteiger partial charge in [-0.3, -0.25) is 4.79 Å². The summed E-state index contributed by atoms with van der Waals surface area (Å²) in [6, 6.07) is 1.76. The quantitative estimate of drug-likeness (QED) is 0.852. The van der Waals surface area contributed by atoms with Crippen molar-refractivity contribution in [2.24, 2.45) is 0 Å². The molecule has 2 aromatic heterocycles. The Bertz CT molecular complexity index is 668. The first-order valence-corrected chi connectivity index (χ1v) is 6.93. The van der Waals surface area contributed by atoms with Crippen molar-refractivity contribution in [3.05, 3.63) is 30.2 Å². The van der Waals surface area contributed by atoms with E-state index in [4.69, 9.17) is 0 Å². The third-order valence-corrected chi connectivity index (χ3v) is 3.74. The van der Waals surface area contributed by atoms with Gasteiger partial charge < -0.3 is 14.9 Å². The van der Waals surface area contributed by atoms with Gasteiger partial charge in [-0.05, 0) is 26.6 Å². The number of amides is 1. The second-order valence-corrected chi connectivity index (χ2v) is 5.88. The third kappa shape index (κ3) is 2.62. The first-order chi connectivity index (χ1) is 9.98. The van der Waals surface area contributed by atoms with Gasteiger partial charge in [-0.2, -0.15) is 5.10 Å². The third-order valence-electron chi connectivity index (χ3n) is 3.74. The van der Waals surface area contributed by atoms with Crippen LogP contribution in [0, 0.1) is 0 Å². The number of nitrogens with zero attached hydrogens (tertiary/aromatic N) is 5. The van der Waals surface area contributed by atoms with E-state index in [1.54, 1.807) is 27.9 Å². The van der Waals surface area contributed by atoms with Crippen molar-refractivity contribution >= 4 is 11.6 Å². The number of β-amino-alcohol motifs (C(OH)–C–C–N with tert-alkyl or cyclic N) is 1. The fraction of sp³-hybridized carbons (Fsp3) is 0.500. The van der Waals surface area contributed by atoms with E-state index in [1.165, 1.54) is 6.20 Å². The predicted octanol–water partition coefficient (Wildman–Crippen LogP) is -0.132. The highest BCUT2D eigenvalue weighted by molar-refractivity contribution is 5.99. The van der Waals surface area contributed by atoms with Crippen LogP contribution in [0.4, 0.5) is 0 Å². The zero-order valence-electron chi connectivity index (χ0n) is 12.2. The van der Waals surface area contributed by atoms with Crippen molar-refractivity contribution in [3.63, 3.8) is 0 Å². The van der Waals surface area contributed by atoms with Crippen LogP contribution in [0.3, 0.4) is 0 Å². The van der Waals surface area contributed by atoms with E-state index in [0.29, 0.717) is 37.3 Å². The predicted molar refractivity (Wildman–Crippen MR) is 77.0 cm³/mol. The standard InChI is InChI=1S/C14H19N5O2/c1-17(2)9-14(21)4-7-18(10-14)13(20)11-8-16-19-6-3-5-15-12(11)19/h3,5-6,8,21H,4,7,9-10H2,1-2H3/t14-/m1/s1. The van der Waals surface area contributed by atoms with Crippen molar-refractivity contribution in [2.75, 3.05) is 33.7 Å². The largest absolute Gasteiger partial charge is 0.387 e. The van der Waals surface area contributed by atoms with Crippen molar-refractivity contribution < 1.29 is 9.90 Å². The van der Waals surface area contributed by atoms with Crippen LogP contribution >= 0.6 is 0 Å². The lowest BCUT2D eigenvalue weighted by molar-refractivity contribution is 0.0236. The molecule has 0 bridgehead atoms. The maximum absolute atomic E-state index is 12.6. The average Bonchev–Trinajstić information content (AvgIpc) is 3.01. The number of aromatic nitrogens is 3. The molecule has 1 atom stereocenters. The lowest BCUT2D eigenvalue weighted by Gasteiger charge is -2.26. The molecule has 1 fully saturated rings. The van der Waals surface area contributed by atoms with Gasteiger partial charge in [0.2, 0.25) is 0 Å². The number of rotatable bonds is 3. The number of hydrogen-bond donors (Lipinski definition) is 1. The fourth-order valence-electron chi connectivity index (χ4n) is 2.90. The smallest absolute Gasteiger partial charge is 0.259 e. The van der Waals surface area contributed by atoms with Gasteiger partial charge in [-0.15, -0.1) is 0 Å². The van der Waals surface area contributed by atoms with Crippen molar-refractivity contribution in [1.29, 1.82) is 0 Å². The van der Waals surface area contributed by atoms with Gasteiger partial charge in [0.1, 0.15) is 5.56 Å². The molecule has 0 spiro atoms. The SMILES string of the molecule is CN(C)C[C@]1(O)CCN(C(=O)c2cnn3cccnc23)C1. The number of carbonyl (C=O) groups is 1. The number of carbonyl (C=O) groups excluding carboxylic acids is 1. The summed E-state index contributed by atoms with van der Waals surface area (Å²) in [4.78, 5) is 20.4. The summed E-state index contributed by atoms with van der Waals surface area (Å²) in [5, 5.41) is 14.7. The van der Waals surface area contributed by atoms with Crippen LogP contribution in [0.2, 0.25) is 0 Å². The molecular weight excluding hydrogens is 270 g/mol. The molecule has 0 aromatic carbocycles. The Labute approximate surface area is 122 Å². The Kier molecular flexibility index (Phi) is 3.38. The van der Waals surface area contributed by atoms with Crippen LogP contribution < -0.4 is 0 Å². The zero-order chi connectivity index (χ0) is 15.0. The second-order valence-electron chi connectivity index (χ2n) is 5.88. The van der Waals surface area contributed by atoms with E-state index >= 15 is 0 Å². The molecular formula is C14H19N5O2. The van der Waals surface area contributed by atoms with Gasteiger partial charge in [0, 0.05) is 25.5 Å². The van der Waals surface area contributed by atoms with Crippen LogP contribution in [0.25, 0.3) is 5.65 Å². The minimum Gasteiger partial charge on any atom is -0.387 e.